The van der Waals surface area contributed by atoms with Crippen molar-refractivity contribution >= 4 is 17.7 Å². The van der Waals surface area contributed by atoms with Crippen molar-refractivity contribution in [2.24, 2.45) is 5.41 Å². The maximum atomic E-state index is 12.2. The van der Waals surface area contributed by atoms with E-state index in [0.29, 0.717) is 11.0 Å². The van der Waals surface area contributed by atoms with Crippen molar-refractivity contribution in [3.8, 4) is 0 Å². The molecule has 0 bridgehead atoms. The molecule has 1 saturated heterocycles. The highest BCUT2D eigenvalue weighted by atomic mass is 16.5. The molecule has 1 aliphatic heterocycles. The summed E-state index contributed by atoms with van der Waals surface area (Å²) in [5.41, 5.74) is 4.01. The van der Waals surface area contributed by atoms with Crippen molar-refractivity contribution < 1.29 is 14.6 Å². The fourth-order valence-electron chi connectivity index (χ4n) is 3.80. The van der Waals surface area contributed by atoms with E-state index >= 15 is 0 Å². The average molecular weight is 389 g/mol. The van der Waals surface area contributed by atoms with Gasteiger partial charge in [-0.3, -0.25) is 4.98 Å². The van der Waals surface area contributed by atoms with Gasteiger partial charge < -0.3 is 14.7 Å². The van der Waals surface area contributed by atoms with Gasteiger partial charge in [0.1, 0.15) is 0 Å². The van der Waals surface area contributed by atoms with Gasteiger partial charge in [-0.1, -0.05) is 26.0 Å². The first kappa shape index (κ1) is 22.4. The van der Waals surface area contributed by atoms with E-state index in [1.807, 2.05) is 53.7 Å². The summed E-state index contributed by atoms with van der Waals surface area (Å²) in [7, 11) is 0. The Morgan fingerprint density at radius 3 is 2.25 bits per heavy atom. The van der Waals surface area contributed by atoms with Crippen LogP contribution < -0.4 is 4.90 Å². The fraction of sp³-hybridized carbons (Fsp3) is 0.652. The van der Waals surface area contributed by atoms with Crippen LogP contribution in [0.2, 0.25) is 0 Å². The summed E-state index contributed by atoms with van der Waals surface area (Å²) in [5.74, 6) is -0.978. The molecule has 0 spiro atoms. The Morgan fingerprint density at radius 1 is 1.21 bits per heavy atom. The predicted octanol–water partition coefficient (Wildman–Crippen LogP) is 5.30. The maximum Gasteiger partial charge on any atom is 0.337 e. The number of aromatic nitrogens is 1. The van der Waals surface area contributed by atoms with Crippen LogP contribution in [0.15, 0.2) is 6.08 Å². The highest BCUT2D eigenvalue weighted by molar-refractivity contribution is 5.82. The Kier molecular flexibility index (Phi) is 6.59. The van der Waals surface area contributed by atoms with Gasteiger partial charge in [-0.2, -0.15) is 0 Å². The lowest BCUT2D eigenvalue weighted by Gasteiger charge is -2.41. The number of aliphatic carboxylic acids is 1. The summed E-state index contributed by atoms with van der Waals surface area (Å²) in [6, 6.07) is 0. The van der Waals surface area contributed by atoms with Crippen LogP contribution in [-0.4, -0.2) is 34.8 Å². The third-order valence-electron chi connectivity index (χ3n) is 5.35. The lowest BCUT2D eigenvalue weighted by Crippen LogP contribution is -2.39. The lowest BCUT2D eigenvalue weighted by atomic mass is 9.82. The summed E-state index contributed by atoms with van der Waals surface area (Å²) in [6.45, 7) is 17.9. The van der Waals surface area contributed by atoms with E-state index in [-0.39, 0.29) is 0 Å². The Labute approximate surface area is 169 Å². The van der Waals surface area contributed by atoms with Crippen molar-refractivity contribution in [1.82, 2.24) is 4.98 Å². The SMILES string of the molecule is C/C=C\c1c(C)nc(C)c(C(OC(C)(C)C)C(=O)O)c1N1CCC(C)(C)CC1. The quantitative estimate of drug-likeness (QED) is 0.742. The molecule has 28 heavy (non-hydrogen) atoms. The number of carbonyl (C=O) groups is 1. The second-order valence-corrected chi connectivity index (χ2v) is 9.56. The first-order chi connectivity index (χ1) is 12.9. The van der Waals surface area contributed by atoms with Crippen LogP contribution in [0, 0.1) is 19.3 Å². The van der Waals surface area contributed by atoms with E-state index < -0.39 is 17.7 Å². The number of pyridine rings is 1. The minimum absolute atomic E-state index is 0.308. The molecule has 5 nitrogen and oxygen atoms in total. The molecule has 1 unspecified atom stereocenters. The lowest BCUT2D eigenvalue weighted by molar-refractivity contribution is -0.160. The van der Waals surface area contributed by atoms with Gasteiger partial charge in [-0.25, -0.2) is 4.79 Å². The molecule has 2 rings (SSSR count). The van der Waals surface area contributed by atoms with Gasteiger partial charge >= 0.3 is 5.97 Å². The van der Waals surface area contributed by atoms with Crippen LogP contribution in [0.3, 0.4) is 0 Å². The van der Waals surface area contributed by atoms with Crippen LogP contribution in [0.5, 0.6) is 0 Å². The van der Waals surface area contributed by atoms with Crippen molar-refractivity contribution in [3.63, 3.8) is 0 Å². The van der Waals surface area contributed by atoms with Crippen molar-refractivity contribution in [1.29, 1.82) is 0 Å². The molecule has 1 N–H and O–H groups in total. The van der Waals surface area contributed by atoms with E-state index in [1.165, 1.54) is 0 Å². The number of hydrogen-bond acceptors (Lipinski definition) is 4. The molecule has 0 aliphatic carbocycles. The Bertz CT molecular complexity index is 750. The number of ether oxygens (including phenoxy) is 1. The molecule has 1 atom stereocenters. The van der Waals surface area contributed by atoms with Crippen LogP contribution in [-0.2, 0) is 9.53 Å². The van der Waals surface area contributed by atoms with Gasteiger partial charge in [0.15, 0.2) is 6.10 Å². The molecule has 1 aliphatic rings. The van der Waals surface area contributed by atoms with E-state index in [4.69, 9.17) is 4.74 Å². The van der Waals surface area contributed by atoms with Crippen LogP contribution in [0.1, 0.15) is 83.0 Å². The number of carboxylic acid groups (broad SMARTS) is 1. The van der Waals surface area contributed by atoms with Crippen LogP contribution >= 0.6 is 0 Å². The Morgan fingerprint density at radius 2 is 1.79 bits per heavy atom. The normalized spacial score (nSPS) is 18.5. The minimum Gasteiger partial charge on any atom is -0.479 e. The number of anilines is 1. The summed E-state index contributed by atoms with van der Waals surface area (Å²) < 4.78 is 6.02. The van der Waals surface area contributed by atoms with Crippen molar-refractivity contribution in [3.05, 3.63) is 28.6 Å². The Hall–Kier alpha value is -1.88. The molecule has 156 valence electrons. The molecule has 0 aromatic carbocycles. The van der Waals surface area contributed by atoms with Gasteiger partial charge in [0.05, 0.1) is 11.3 Å². The number of nitrogens with zero attached hydrogens (tertiary/aromatic N) is 2. The van der Waals surface area contributed by atoms with Crippen LogP contribution in [0.4, 0.5) is 5.69 Å². The topological polar surface area (TPSA) is 62.7 Å². The van der Waals surface area contributed by atoms with Gasteiger partial charge in [0.2, 0.25) is 0 Å². The largest absolute Gasteiger partial charge is 0.479 e. The van der Waals surface area contributed by atoms with Gasteiger partial charge in [0, 0.05) is 35.6 Å². The van der Waals surface area contributed by atoms with Crippen molar-refractivity contribution in [2.45, 2.75) is 79.9 Å². The predicted molar refractivity (Wildman–Crippen MR) is 115 cm³/mol. The average Bonchev–Trinajstić information content (AvgIpc) is 2.54. The number of rotatable bonds is 5. The summed E-state index contributed by atoms with van der Waals surface area (Å²) >= 11 is 0. The summed E-state index contributed by atoms with van der Waals surface area (Å²) in [5, 5.41) is 10.0. The van der Waals surface area contributed by atoms with Gasteiger partial charge in [-0.05, 0) is 59.8 Å². The van der Waals surface area contributed by atoms with Gasteiger partial charge in [0.25, 0.3) is 0 Å². The molecular formula is C23H36N2O3. The molecule has 0 amide bonds. The molecular weight excluding hydrogens is 352 g/mol. The third-order valence-corrected chi connectivity index (χ3v) is 5.35. The smallest absolute Gasteiger partial charge is 0.337 e. The van der Waals surface area contributed by atoms with Crippen LogP contribution in [0.25, 0.3) is 6.08 Å². The molecule has 1 aromatic heterocycles. The second-order valence-electron chi connectivity index (χ2n) is 9.56. The highest BCUT2D eigenvalue weighted by Gasteiger charge is 2.35. The molecule has 2 heterocycles. The molecule has 0 radical (unpaired) electrons. The molecule has 1 fully saturated rings. The number of carboxylic acids is 1. The number of hydrogen-bond donors (Lipinski definition) is 1. The zero-order valence-corrected chi connectivity index (χ0v) is 18.7. The standard InChI is InChI=1S/C23H36N2O3/c1-9-10-17-15(2)24-16(3)18(20(21(26)27)28-22(4,5)6)19(17)25-13-11-23(7,8)12-14-25/h9-10,20H,11-14H2,1-8H3,(H,26,27)/b10-9-. The van der Waals surface area contributed by atoms with Gasteiger partial charge in [-0.15, -0.1) is 0 Å². The van der Waals surface area contributed by atoms with E-state index in [9.17, 15) is 9.90 Å². The second kappa shape index (κ2) is 8.24. The first-order valence-electron chi connectivity index (χ1n) is 10.2. The minimum atomic E-state index is -1.05. The summed E-state index contributed by atoms with van der Waals surface area (Å²) in [6.07, 6.45) is 5.11. The monoisotopic (exact) mass is 388 g/mol. The third kappa shape index (κ3) is 5.13. The number of aryl methyl sites for hydroxylation is 2. The molecule has 5 heteroatoms. The Balaban J connectivity index is 2.69. The molecule has 0 saturated carbocycles. The first-order valence-corrected chi connectivity index (χ1v) is 10.2. The zero-order chi connectivity index (χ0) is 21.3. The fourth-order valence-corrected chi connectivity index (χ4v) is 3.80. The maximum absolute atomic E-state index is 12.2. The van der Waals surface area contributed by atoms with E-state index in [0.717, 1.165) is 48.6 Å². The number of piperidine rings is 1. The number of allylic oxidation sites excluding steroid dienone is 1. The summed E-state index contributed by atoms with van der Waals surface area (Å²) in [4.78, 5) is 19.3. The molecule has 1 aromatic rings. The van der Waals surface area contributed by atoms with Crippen molar-refractivity contribution in [2.75, 3.05) is 18.0 Å². The van der Waals surface area contributed by atoms with E-state index in [2.05, 4.69) is 23.7 Å². The van der Waals surface area contributed by atoms with E-state index in [1.54, 1.807) is 0 Å². The zero-order valence-electron chi connectivity index (χ0n) is 18.7. The highest BCUT2D eigenvalue weighted by Crippen LogP contribution is 2.41.